The molecule has 2 fully saturated rings. The van der Waals surface area contributed by atoms with Crippen LogP contribution in [0.25, 0.3) is 0 Å². The molecule has 164 valence electrons. The van der Waals surface area contributed by atoms with Gasteiger partial charge in [-0.1, -0.05) is 88.9 Å². The normalized spacial score (nSPS) is 35.5. The van der Waals surface area contributed by atoms with E-state index in [1.54, 1.807) is 0 Å². The third-order valence-electron chi connectivity index (χ3n) is 7.36. The molecule has 0 aliphatic heterocycles. The summed E-state index contributed by atoms with van der Waals surface area (Å²) >= 11 is -0.826. The van der Waals surface area contributed by atoms with Gasteiger partial charge in [0.05, 0.1) is 8.07 Å². The molecule has 0 bridgehead atoms. The molecule has 0 heterocycles. The van der Waals surface area contributed by atoms with E-state index in [1.807, 2.05) is 13.8 Å². The zero-order chi connectivity index (χ0) is 20.0. The fourth-order valence-electron chi connectivity index (χ4n) is 6.55. The predicted octanol–water partition coefficient (Wildman–Crippen LogP) is 9.29. The van der Waals surface area contributed by atoms with Crippen molar-refractivity contribution in [2.24, 2.45) is 29.6 Å². The molecular weight excluding hydrogens is 490 g/mol. The molecule has 0 aromatic carbocycles. The summed E-state index contributed by atoms with van der Waals surface area (Å²) in [4.78, 5) is 0. The fraction of sp³-hybridized carbons (Fsp3) is 0.600. The molecule has 0 radical (unpaired) electrons. The van der Waals surface area contributed by atoms with E-state index < -0.39 is 28.9 Å². The Morgan fingerprint density at radius 2 is 1.28 bits per heavy atom. The first kappa shape index (κ1) is 29.6. The van der Waals surface area contributed by atoms with Crippen LogP contribution in [0.2, 0.25) is 24.2 Å². The number of fused-ring (bicyclic) bond motifs is 2. The fourth-order valence-corrected chi connectivity index (χ4v) is 12.3. The van der Waals surface area contributed by atoms with Gasteiger partial charge in [-0.3, -0.25) is 0 Å². The van der Waals surface area contributed by atoms with Crippen LogP contribution in [-0.2, 0) is 20.8 Å². The molecular formula is C25H42Cl2SiZr. The Labute approximate surface area is 202 Å². The van der Waals surface area contributed by atoms with E-state index in [4.69, 9.17) is 17.0 Å². The summed E-state index contributed by atoms with van der Waals surface area (Å²) in [5.74, 6) is 4.27. The van der Waals surface area contributed by atoms with Crippen LogP contribution in [0.3, 0.4) is 0 Å². The van der Waals surface area contributed by atoms with E-state index in [-0.39, 0.29) is 14.9 Å². The minimum atomic E-state index is -1.29. The van der Waals surface area contributed by atoms with E-state index in [9.17, 15) is 0 Å². The van der Waals surface area contributed by atoms with Crippen LogP contribution >= 0.6 is 17.0 Å². The van der Waals surface area contributed by atoms with Gasteiger partial charge < -0.3 is 14.9 Å². The van der Waals surface area contributed by atoms with Crippen molar-refractivity contribution < 1.29 is 20.8 Å². The molecule has 7 unspecified atom stereocenters. The summed E-state index contributed by atoms with van der Waals surface area (Å²) in [6.45, 7) is 12.0. The molecule has 4 heteroatoms. The van der Waals surface area contributed by atoms with Crippen LogP contribution in [-0.4, -0.2) is 8.07 Å². The van der Waals surface area contributed by atoms with Gasteiger partial charge in [0, 0.05) is 0 Å². The summed E-state index contributed by atoms with van der Waals surface area (Å²) in [5, 5.41) is 0. The van der Waals surface area contributed by atoms with Gasteiger partial charge in [0.15, 0.2) is 0 Å². The molecule has 0 aromatic heterocycles. The number of halogens is 2. The molecule has 4 aliphatic carbocycles. The van der Waals surface area contributed by atoms with Crippen LogP contribution in [0.4, 0.5) is 0 Å². The molecule has 0 saturated heterocycles. The topological polar surface area (TPSA) is 0 Å². The monoisotopic (exact) mass is 530 g/mol. The molecule has 4 rings (SSSR count). The molecule has 4 aliphatic rings. The van der Waals surface area contributed by atoms with Crippen LogP contribution in [0, 0.1) is 44.4 Å². The Balaban J connectivity index is 0.00000103. The maximum atomic E-state index is 4.93. The third-order valence-corrected chi connectivity index (χ3v) is 12.6. The standard InChI is InChI=1S/C21H30Si.C2H6.2CH3.2ClH.Zr/c1-15-14-17-9-5-7-11-19(17)21(15)22(2,3)20-13-12-16-8-4-6-10-18(16)20;1-2;;;;;/h4-11,15-21H,12-14H2,1-3H3;1-2H3;2*1H3;2*1H;/q;;2*-1;;;+4/p-2. The second kappa shape index (κ2) is 13.9. The SMILES string of the molecule is CC.CC1CC2C=CC=CC2C1[Si](C)(C)C1CCC2C=CC=CC21.[CH3-].[CH3-].[Cl][Zr+2][Cl]. The number of allylic oxidation sites excluding steroid dienone is 8. The molecule has 2 saturated carbocycles. The van der Waals surface area contributed by atoms with E-state index >= 15 is 0 Å². The number of hydrogen-bond donors (Lipinski definition) is 0. The molecule has 0 aromatic rings. The van der Waals surface area contributed by atoms with Gasteiger partial charge in [-0.05, 0) is 53.5 Å². The summed E-state index contributed by atoms with van der Waals surface area (Å²) in [7, 11) is 8.58. The Morgan fingerprint density at radius 1 is 0.793 bits per heavy atom. The Morgan fingerprint density at radius 3 is 1.86 bits per heavy atom. The van der Waals surface area contributed by atoms with Gasteiger partial charge in [-0.25, -0.2) is 0 Å². The zero-order valence-electron chi connectivity index (χ0n) is 19.5. The van der Waals surface area contributed by atoms with Crippen molar-refractivity contribution in [1.82, 2.24) is 0 Å². The first-order valence-corrected chi connectivity index (χ1v) is 20.2. The molecule has 0 nitrogen and oxygen atoms in total. The van der Waals surface area contributed by atoms with Gasteiger partial charge in [0.25, 0.3) is 0 Å². The minimum absolute atomic E-state index is 0. The molecule has 0 amide bonds. The Hall–Kier alpha value is 0.640. The van der Waals surface area contributed by atoms with Crippen molar-refractivity contribution in [1.29, 1.82) is 0 Å². The summed E-state index contributed by atoms with van der Waals surface area (Å²) in [5.41, 5.74) is 1.96. The van der Waals surface area contributed by atoms with Crippen LogP contribution < -0.4 is 0 Å². The quantitative estimate of drug-likeness (QED) is 0.245. The van der Waals surface area contributed by atoms with Gasteiger partial charge in [0.2, 0.25) is 0 Å². The molecule has 0 N–H and O–H groups in total. The number of hydrogen-bond acceptors (Lipinski definition) is 0. The van der Waals surface area contributed by atoms with E-state index in [2.05, 4.69) is 68.6 Å². The average molecular weight is 533 g/mol. The van der Waals surface area contributed by atoms with Crippen molar-refractivity contribution in [2.45, 2.75) is 64.2 Å². The van der Waals surface area contributed by atoms with Crippen molar-refractivity contribution in [2.75, 3.05) is 0 Å². The molecule has 7 atom stereocenters. The van der Waals surface area contributed by atoms with Gasteiger partial charge in [0.1, 0.15) is 0 Å². The van der Waals surface area contributed by atoms with Crippen molar-refractivity contribution >= 4 is 25.1 Å². The maximum absolute atomic E-state index is 4.93. The average Bonchev–Trinajstić information content (AvgIpc) is 3.24. The van der Waals surface area contributed by atoms with Crippen molar-refractivity contribution in [3.8, 4) is 0 Å². The summed E-state index contributed by atoms with van der Waals surface area (Å²) in [6.07, 6.45) is 23.6. The van der Waals surface area contributed by atoms with Crippen LogP contribution in [0.1, 0.15) is 40.0 Å². The molecule has 29 heavy (non-hydrogen) atoms. The van der Waals surface area contributed by atoms with Crippen molar-refractivity contribution in [3.63, 3.8) is 0 Å². The van der Waals surface area contributed by atoms with E-state index in [1.165, 1.54) is 19.3 Å². The predicted molar refractivity (Wildman–Crippen MR) is 134 cm³/mol. The Kier molecular flexibility index (Phi) is 14.2. The first-order chi connectivity index (χ1) is 13.0. The van der Waals surface area contributed by atoms with Gasteiger partial charge >= 0.3 is 37.9 Å². The van der Waals surface area contributed by atoms with E-state index in [0.29, 0.717) is 0 Å². The third kappa shape index (κ3) is 6.57. The molecule has 0 spiro atoms. The second-order valence-corrected chi connectivity index (χ2v) is 17.6. The van der Waals surface area contributed by atoms with Crippen LogP contribution in [0.5, 0.6) is 0 Å². The van der Waals surface area contributed by atoms with Crippen molar-refractivity contribution in [3.05, 3.63) is 63.5 Å². The summed E-state index contributed by atoms with van der Waals surface area (Å²) in [6, 6.07) is 0. The van der Waals surface area contributed by atoms with E-state index in [0.717, 1.165) is 40.7 Å². The van der Waals surface area contributed by atoms with Gasteiger partial charge in [-0.15, -0.1) is 0 Å². The summed E-state index contributed by atoms with van der Waals surface area (Å²) < 4.78 is 0. The first-order valence-electron chi connectivity index (χ1n) is 10.7. The Bertz CT molecular complexity index is 581. The van der Waals surface area contributed by atoms with Crippen LogP contribution in [0.15, 0.2) is 48.6 Å². The number of rotatable bonds is 2. The second-order valence-electron chi connectivity index (χ2n) is 8.84. The zero-order valence-corrected chi connectivity index (χ0v) is 24.5. The van der Waals surface area contributed by atoms with Gasteiger partial charge in [-0.2, -0.15) is 0 Å².